The van der Waals surface area contributed by atoms with E-state index in [9.17, 15) is 14.7 Å². The second-order valence-electron chi connectivity index (χ2n) is 7.29. The van der Waals surface area contributed by atoms with Crippen molar-refractivity contribution >= 4 is 17.4 Å². The summed E-state index contributed by atoms with van der Waals surface area (Å²) >= 11 is 0. The Morgan fingerprint density at radius 3 is 2.45 bits per heavy atom. The zero-order chi connectivity index (χ0) is 21.0. The summed E-state index contributed by atoms with van der Waals surface area (Å²) in [5, 5.41) is 11.1. The molecule has 1 heterocycles. The first-order valence-electron chi connectivity index (χ1n) is 9.98. The van der Waals surface area contributed by atoms with Crippen molar-refractivity contribution in [1.29, 1.82) is 0 Å². The minimum absolute atomic E-state index is 0.143. The maximum Gasteiger partial charge on any atom is 0.295 e. The molecule has 0 bridgehead atoms. The van der Waals surface area contributed by atoms with Crippen LogP contribution in [-0.4, -0.2) is 35.4 Å². The topological polar surface area (TPSA) is 66.8 Å². The van der Waals surface area contributed by atoms with Crippen LogP contribution >= 0.6 is 0 Å². The second kappa shape index (κ2) is 8.95. The fourth-order valence-electron chi connectivity index (χ4n) is 3.80. The Balaban J connectivity index is 2.12. The number of carbonyl (C=O) groups is 2. The number of carbonyl (C=O) groups excluding carboxylic acids is 2. The third-order valence-electron chi connectivity index (χ3n) is 5.35. The van der Waals surface area contributed by atoms with Crippen molar-refractivity contribution in [2.75, 3.05) is 13.7 Å². The molecule has 1 N–H and O–H groups in total. The number of likely N-dealkylation sites (tertiary alicyclic amines) is 1. The van der Waals surface area contributed by atoms with Crippen LogP contribution in [-0.2, 0) is 9.59 Å². The monoisotopic (exact) mass is 393 g/mol. The van der Waals surface area contributed by atoms with Gasteiger partial charge in [0.05, 0.1) is 18.7 Å². The van der Waals surface area contributed by atoms with Gasteiger partial charge in [-0.15, -0.1) is 0 Å². The van der Waals surface area contributed by atoms with Crippen molar-refractivity contribution in [2.24, 2.45) is 0 Å². The number of ketones is 1. The van der Waals surface area contributed by atoms with Crippen molar-refractivity contribution in [3.63, 3.8) is 0 Å². The Bertz CT molecular complexity index is 933. The highest BCUT2D eigenvalue weighted by atomic mass is 16.5. The van der Waals surface area contributed by atoms with Crippen LogP contribution in [0.3, 0.4) is 0 Å². The molecule has 1 atom stereocenters. The molecule has 0 radical (unpaired) electrons. The number of ether oxygens (including phenoxy) is 1. The summed E-state index contributed by atoms with van der Waals surface area (Å²) in [5.41, 5.74) is 2.26. The van der Waals surface area contributed by atoms with E-state index in [1.807, 2.05) is 37.3 Å². The number of aliphatic hydroxyl groups excluding tert-OH is 1. The SMILES string of the molecule is CCCCCN1C(=O)C(=O)/C(=C(\O)c2ccc(OC)cc2C)C1c1ccccc1. The van der Waals surface area contributed by atoms with E-state index in [1.165, 1.54) is 0 Å². The molecule has 1 fully saturated rings. The smallest absolute Gasteiger partial charge is 0.295 e. The van der Waals surface area contributed by atoms with Crippen LogP contribution < -0.4 is 4.74 Å². The van der Waals surface area contributed by atoms with E-state index in [0.29, 0.717) is 17.9 Å². The molecule has 5 heteroatoms. The number of unbranched alkanes of at least 4 members (excludes halogenated alkanes) is 2. The summed E-state index contributed by atoms with van der Waals surface area (Å²) in [6, 6.07) is 14.1. The van der Waals surface area contributed by atoms with Gasteiger partial charge in [0.1, 0.15) is 11.5 Å². The van der Waals surface area contributed by atoms with Gasteiger partial charge in [0.2, 0.25) is 0 Å². The Hall–Kier alpha value is -3.08. The lowest BCUT2D eigenvalue weighted by molar-refractivity contribution is -0.139. The van der Waals surface area contributed by atoms with Gasteiger partial charge in [0, 0.05) is 12.1 Å². The van der Waals surface area contributed by atoms with E-state index >= 15 is 0 Å². The molecule has 1 aliphatic rings. The summed E-state index contributed by atoms with van der Waals surface area (Å²) in [4.78, 5) is 27.4. The molecule has 1 saturated heterocycles. The van der Waals surface area contributed by atoms with E-state index in [4.69, 9.17) is 4.74 Å². The minimum Gasteiger partial charge on any atom is -0.507 e. The molecule has 2 aromatic carbocycles. The molecule has 0 aromatic heterocycles. The predicted molar refractivity (Wildman–Crippen MR) is 113 cm³/mol. The Morgan fingerprint density at radius 2 is 1.83 bits per heavy atom. The maximum atomic E-state index is 12.9. The largest absolute Gasteiger partial charge is 0.507 e. The summed E-state index contributed by atoms with van der Waals surface area (Å²) in [6.07, 6.45) is 2.81. The first kappa shape index (κ1) is 20.6. The fourth-order valence-corrected chi connectivity index (χ4v) is 3.80. The number of aryl methyl sites for hydroxylation is 1. The lowest BCUT2D eigenvalue weighted by atomic mass is 9.94. The number of rotatable bonds is 7. The highest BCUT2D eigenvalue weighted by molar-refractivity contribution is 6.46. The maximum absolute atomic E-state index is 12.9. The molecule has 0 spiro atoms. The van der Waals surface area contributed by atoms with Gasteiger partial charge in [-0.05, 0) is 42.7 Å². The summed E-state index contributed by atoms with van der Waals surface area (Å²) in [7, 11) is 1.57. The van der Waals surface area contributed by atoms with Crippen LogP contribution in [0.15, 0.2) is 54.1 Å². The van der Waals surface area contributed by atoms with Gasteiger partial charge in [-0.25, -0.2) is 0 Å². The molecular weight excluding hydrogens is 366 g/mol. The van der Waals surface area contributed by atoms with Gasteiger partial charge in [-0.2, -0.15) is 0 Å². The van der Waals surface area contributed by atoms with Gasteiger partial charge in [0.25, 0.3) is 11.7 Å². The van der Waals surface area contributed by atoms with Gasteiger partial charge in [-0.1, -0.05) is 50.1 Å². The molecule has 0 saturated carbocycles. The third-order valence-corrected chi connectivity index (χ3v) is 5.35. The van der Waals surface area contributed by atoms with Crippen LogP contribution in [0.25, 0.3) is 5.76 Å². The summed E-state index contributed by atoms with van der Waals surface area (Å²) in [5.74, 6) is -0.667. The van der Waals surface area contributed by atoms with Gasteiger partial charge in [0.15, 0.2) is 0 Å². The zero-order valence-electron chi connectivity index (χ0n) is 17.1. The van der Waals surface area contributed by atoms with Crippen molar-refractivity contribution in [3.8, 4) is 5.75 Å². The van der Waals surface area contributed by atoms with Gasteiger partial charge in [-0.3, -0.25) is 9.59 Å². The normalized spacial score (nSPS) is 18.3. The molecule has 29 heavy (non-hydrogen) atoms. The highest BCUT2D eigenvalue weighted by Gasteiger charge is 2.45. The average Bonchev–Trinajstić information content (AvgIpc) is 2.99. The Morgan fingerprint density at radius 1 is 1.10 bits per heavy atom. The van der Waals surface area contributed by atoms with Crippen LogP contribution in [0, 0.1) is 6.92 Å². The molecule has 1 amide bonds. The van der Waals surface area contributed by atoms with Crippen LogP contribution in [0.5, 0.6) is 5.75 Å². The average molecular weight is 393 g/mol. The van der Waals surface area contributed by atoms with Crippen LogP contribution in [0.4, 0.5) is 0 Å². The third kappa shape index (κ3) is 4.04. The molecule has 1 aliphatic heterocycles. The number of aliphatic hydroxyl groups is 1. The first-order chi connectivity index (χ1) is 14.0. The number of amides is 1. The molecule has 5 nitrogen and oxygen atoms in total. The number of methoxy groups -OCH3 is 1. The molecule has 0 aliphatic carbocycles. The number of nitrogens with zero attached hydrogens (tertiary/aromatic N) is 1. The summed E-state index contributed by atoms with van der Waals surface area (Å²) < 4.78 is 5.23. The lowest BCUT2D eigenvalue weighted by Crippen LogP contribution is -2.30. The first-order valence-corrected chi connectivity index (χ1v) is 9.98. The van der Waals surface area contributed by atoms with E-state index in [-0.39, 0.29) is 11.3 Å². The van der Waals surface area contributed by atoms with E-state index < -0.39 is 17.7 Å². The Labute approximate surface area is 171 Å². The van der Waals surface area contributed by atoms with Crippen molar-refractivity contribution in [2.45, 2.75) is 39.2 Å². The van der Waals surface area contributed by atoms with Gasteiger partial charge < -0.3 is 14.7 Å². The van der Waals surface area contributed by atoms with Crippen molar-refractivity contribution < 1.29 is 19.4 Å². The fraction of sp³-hybridized carbons (Fsp3) is 0.333. The molecule has 2 aromatic rings. The minimum atomic E-state index is -0.636. The quantitative estimate of drug-likeness (QED) is 0.323. The molecular formula is C24H27NO4. The van der Waals surface area contributed by atoms with Crippen LogP contribution in [0.1, 0.15) is 48.9 Å². The predicted octanol–water partition coefficient (Wildman–Crippen LogP) is 4.62. The zero-order valence-corrected chi connectivity index (χ0v) is 17.1. The van der Waals surface area contributed by atoms with Crippen LogP contribution in [0.2, 0.25) is 0 Å². The van der Waals surface area contributed by atoms with Gasteiger partial charge >= 0.3 is 0 Å². The highest BCUT2D eigenvalue weighted by Crippen LogP contribution is 2.40. The number of hydrogen-bond acceptors (Lipinski definition) is 4. The van der Waals surface area contributed by atoms with Crippen molar-refractivity contribution in [1.82, 2.24) is 4.90 Å². The molecule has 152 valence electrons. The van der Waals surface area contributed by atoms with E-state index in [1.54, 1.807) is 30.2 Å². The number of benzene rings is 2. The Kier molecular flexibility index (Phi) is 6.37. The van der Waals surface area contributed by atoms with E-state index in [2.05, 4.69) is 6.92 Å². The standard InChI is InChI=1S/C24H27NO4/c1-4-5-9-14-25-21(17-10-7-6-8-11-17)20(23(27)24(25)28)22(26)19-13-12-18(29-3)15-16(19)2/h6-8,10-13,15,21,26H,4-5,9,14H2,1-3H3/b22-20-. The van der Waals surface area contributed by atoms with Crippen molar-refractivity contribution in [3.05, 3.63) is 70.8 Å². The summed E-state index contributed by atoms with van der Waals surface area (Å²) in [6.45, 7) is 4.41. The molecule has 3 rings (SSSR count). The van der Waals surface area contributed by atoms with E-state index in [0.717, 1.165) is 30.4 Å². The second-order valence-corrected chi connectivity index (χ2v) is 7.29. The number of Topliss-reactive ketones (excluding diaryl/α,β-unsaturated/α-hetero) is 1. The lowest BCUT2D eigenvalue weighted by Gasteiger charge is -2.25. The molecule has 1 unspecified atom stereocenters. The number of hydrogen-bond donors (Lipinski definition) is 1.